The van der Waals surface area contributed by atoms with Gasteiger partial charge in [0.2, 0.25) is 11.7 Å². The minimum absolute atomic E-state index is 0.0211. The quantitative estimate of drug-likeness (QED) is 0.104. The Kier molecular flexibility index (Phi) is 19.8. The van der Waals surface area contributed by atoms with E-state index in [0.717, 1.165) is 0 Å². The average Bonchev–Trinajstić information content (AvgIpc) is 3.14. The van der Waals surface area contributed by atoms with Gasteiger partial charge in [-0.15, -0.1) is 0 Å². The van der Waals surface area contributed by atoms with E-state index >= 15 is 0 Å². The van der Waals surface area contributed by atoms with Crippen LogP contribution < -0.4 is 16.2 Å². The highest BCUT2D eigenvalue weighted by molar-refractivity contribution is 6.31. The topological polar surface area (TPSA) is 304 Å². The maximum atomic E-state index is 13.2. The first-order chi connectivity index (χ1) is 24.0. The number of aromatic hydroxyl groups is 2. The van der Waals surface area contributed by atoms with E-state index in [1.165, 1.54) is 26.4 Å². The highest BCUT2D eigenvalue weighted by Crippen LogP contribution is 2.48. The van der Waals surface area contributed by atoms with Crippen LogP contribution in [0.15, 0.2) is 18.2 Å². The zero-order chi connectivity index (χ0) is 39.8. The number of carbonyl (C=O) groups excluding carboxylic acids is 3. The predicted octanol–water partition coefficient (Wildman–Crippen LogP) is 1.20. The van der Waals surface area contributed by atoms with Gasteiger partial charge in [0.05, 0.1) is 67.4 Å². The van der Waals surface area contributed by atoms with Crippen molar-refractivity contribution in [3.8, 4) is 17.2 Å². The van der Waals surface area contributed by atoms with E-state index in [4.69, 9.17) is 30.8 Å². The summed E-state index contributed by atoms with van der Waals surface area (Å²) in [4.78, 5) is 45.8. The molecule has 0 heterocycles. The fraction of sp³-hybridized carbons (Fsp3) is 0.514. The Morgan fingerprint density at radius 1 is 0.961 bits per heavy atom. The SMILES string of the molecule is CC.CC.COC(C)C(O)C(N)CO.COc1cccc2c1C(=O)c1c(O)c3c(c(O)c1C2=O)C[C@@](O)(C(=N)CO)CC3.NC(=O)CCC(=O)O. The molecule has 4 rings (SSSR count). The number of nitrogens with one attached hydrogen (secondary N) is 1. The molecular formula is C35H53N3O13. The summed E-state index contributed by atoms with van der Waals surface area (Å²) in [5, 5.41) is 75.1. The van der Waals surface area contributed by atoms with E-state index in [-0.39, 0.29) is 89.7 Å². The van der Waals surface area contributed by atoms with E-state index in [1.807, 2.05) is 27.7 Å². The number of carboxylic acid groups (broad SMARTS) is 1. The molecule has 286 valence electrons. The van der Waals surface area contributed by atoms with Gasteiger partial charge in [-0.1, -0.05) is 39.8 Å². The normalized spacial score (nSPS) is 16.9. The predicted molar refractivity (Wildman–Crippen MR) is 188 cm³/mol. The van der Waals surface area contributed by atoms with Gasteiger partial charge in [0.1, 0.15) is 22.8 Å². The molecule has 16 heteroatoms. The standard InChI is InChI=1S/C21H19NO7.C6H15NO3.C4H7NO3.2C2H6/c1-29-12-4-2-3-10-14(12)20(27)16-15(18(10)25)19(26)11-7-21(28,13(22)8-23)6-5-9(11)17(16)24;1-4(10-2)6(9)5(7)3-8;5-3(6)1-2-4(7)8;2*1-2/h2-4,22-24,26,28H,5-8H2,1H3;4-6,8-9H,3,7H2,1-2H3;1-2H2,(H2,5,6)(H,7,8);2*1-2H3/t21-;;;;/m1..../s1. The van der Waals surface area contributed by atoms with Gasteiger partial charge in [0, 0.05) is 36.6 Å². The zero-order valence-corrected chi connectivity index (χ0v) is 30.1. The Morgan fingerprint density at radius 3 is 1.96 bits per heavy atom. The second-order valence-corrected chi connectivity index (χ2v) is 10.9. The van der Waals surface area contributed by atoms with Crippen molar-refractivity contribution in [3.63, 3.8) is 0 Å². The van der Waals surface area contributed by atoms with Crippen molar-refractivity contribution in [2.45, 2.75) is 90.6 Å². The number of benzene rings is 2. The molecular weight excluding hydrogens is 670 g/mol. The first kappa shape index (κ1) is 46.5. The molecule has 4 atom stereocenters. The number of phenolic OH excluding ortho intramolecular Hbond substituents is 2. The summed E-state index contributed by atoms with van der Waals surface area (Å²) >= 11 is 0. The number of nitrogens with two attached hydrogens (primary N) is 2. The molecule has 51 heavy (non-hydrogen) atoms. The smallest absolute Gasteiger partial charge is 0.303 e. The van der Waals surface area contributed by atoms with Gasteiger partial charge in [-0.25, -0.2) is 0 Å². The molecule has 3 unspecified atom stereocenters. The third-order valence-corrected chi connectivity index (χ3v) is 7.90. The number of carboxylic acids is 1. The summed E-state index contributed by atoms with van der Waals surface area (Å²) < 4.78 is 9.99. The molecule has 2 aliphatic rings. The molecule has 0 radical (unpaired) electrons. The van der Waals surface area contributed by atoms with Crippen molar-refractivity contribution in [1.29, 1.82) is 5.41 Å². The number of primary amides is 1. The third-order valence-electron chi connectivity index (χ3n) is 7.90. The molecule has 0 fully saturated rings. The molecule has 12 N–H and O–H groups in total. The number of aliphatic hydroxyl groups is 4. The minimum atomic E-state index is -1.71. The first-order valence-electron chi connectivity index (χ1n) is 16.4. The minimum Gasteiger partial charge on any atom is -0.507 e. The van der Waals surface area contributed by atoms with Gasteiger partial charge in [-0.2, -0.15) is 0 Å². The van der Waals surface area contributed by atoms with Gasteiger partial charge < -0.3 is 62.1 Å². The maximum Gasteiger partial charge on any atom is 0.303 e. The Balaban J connectivity index is 0.000000939. The average molecular weight is 724 g/mol. The molecule has 0 bridgehead atoms. The van der Waals surface area contributed by atoms with Crippen LogP contribution in [0.5, 0.6) is 17.2 Å². The van der Waals surface area contributed by atoms with Gasteiger partial charge >= 0.3 is 5.97 Å². The molecule has 0 aliphatic heterocycles. The number of ketones is 2. The number of aliphatic carboxylic acids is 1. The van der Waals surface area contributed by atoms with Crippen LogP contribution in [0.25, 0.3) is 0 Å². The molecule has 2 aromatic carbocycles. The van der Waals surface area contributed by atoms with Gasteiger partial charge in [0.25, 0.3) is 0 Å². The molecule has 0 saturated carbocycles. The lowest BCUT2D eigenvalue weighted by molar-refractivity contribution is -0.138. The molecule has 16 nitrogen and oxygen atoms in total. The van der Waals surface area contributed by atoms with Crippen LogP contribution >= 0.6 is 0 Å². The summed E-state index contributed by atoms with van der Waals surface area (Å²) in [6.45, 7) is 8.81. The monoisotopic (exact) mass is 723 g/mol. The van der Waals surface area contributed by atoms with E-state index < -0.39 is 59.3 Å². The Morgan fingerprint density at radius 2 is 1.51 bits per heavy atom. The van der Waals surface area contributed by atoms with E-state index in [9.17, 15) is 44.7 Å². The Labute approximate surface area is 297 Å². The zero-order valence-electron chi connectivity index (χ0n) is 30.1. The number of methoxy groups -OCH3 is 2. The number of ether oxygens (including phenoxy) is 2. The molecule has 2 aliphatic carbocycles. The summed E-state index contributed by atoms with van der Waals surface area (Å²) in [6.07, 6.45) is -1.56. The van der Waals surface area contributed by atoms with Crippen LogP contribution in [0, 0.1) is 5.41 Å². The fourth-order valence-electron chi connectivity index (χ4n) is 5.05. The van der Waals surface area contributed by atoms with Crippen LogP contribution in [0.1, 0.15) is 96.9 Å². The van der Waals surface area contributed by atoms with E-state index in [0.29, 0.717) is 0 Å². The lowest BCUT2D eigenvalue weighted by Crippen LogP contribution is -2.45. The van der Waals surface area contributed by atoms with Crippen molar-refractivity contribution in [3.05, 3.63) is 51.6 Å². The number of carbonyl (C=O) groups is 4. The number of rotatable bonds is 10. The van der Waals surface area contributed by atoms with Crippen LogP contribution in [0.4, 0.5) is 0 Å². The van der Waals surface area contributed by atoms with Crippen LogP contribution in [-0.4, -0.2) is 116 Å². The van der Waals surface area contributed by atoms with Crippen molar-refractivity contribution < 1.29 is 64.4 Å². The molecule has 0 saturated heterocycles. The molecule has 0 aromatic heterocycles. The van der Waals surface area contributed by atoms with Crippen LogP contribution in [0.3, 0.4) is 0 Å². The summed E-state index contributed by atoms with van der Waals surface area (Å²) in [6, 6.07) is 3.90. The maximum absolute atomic E-state index is 13.2. The van der Waals surface area contributed by atoms with Crippen molar-refractivity contribution in [2.24, 2.45) is 11.5 Å². The highest BCUT2D eigenvalue weighted by atomic mass is 16.5. The van der Waals surface area contributed by atoms with Gasteiger partial charge in [-0.3, -0.25) is 19.2 Å². The second-order valence-electron chi connectivity index (χ2n) is 10.9. The molecule has 0 spiro atoms. The van der Waals surface area contributed by atoms with Crippen molar-refractivity contribution >= 4 is 29.2 Å². The van der Waals surface area contributed by atoms with Gasteiger partial charge in [-0.05, 0) is 25.8 Å². The third kappa shape index (κ3) is 11.3. The summed E-state index contributed by atoms with van der Waals surface area (Å²) in [7, 11) is 2.85. The summed E-state index contributed by atoms with van der Waals surface area (Å²) in [5.74, 6) is -3.57. The largest absolute Gasteiger partial charge is 0.507 e. The Bertz CT molecular complexity index is 1500. The lowest BCUT2D eigenvalue weighted by atomic mass is 9.73. The fourth-order valence-corrected chi connectivity index (χ4v) is 5.05. The number of hydrogen-bond acceptors (Lipinski definition) is 14. The number of fused-ring (bicyclic) bond motifs is 3. The Hall–Kier alpha value is -4.45. The lowest BCUT2D eigenvalue weighted by Gasteiger charge is -2.35. The van der Waals surface area contributed by atoms with E-state index in [1.54, 1.807) is 13.0 Å². The number of amides is 1. The summed E-state index contributed by atoms with van der Waals surface area (Å²) in [5.41, 5.74) is 7.73. The number of aliphatic hydroxyl groups excluding tert-OH is 3. The number of hydrogen-bond donors (Lipinski definition) is 10. The molecule has 2 aromatic rings. The number of phenols is 2. The van der Waals surface area contributed by atoms with Crippen molar-refractivity contribution in [2.75, 3.05) is 27.4 Å². The van der Waals surface area contributed by atoms with Crippen LogP contribution in [-0.2, 0) is 27.2 Å². The van der Waals surface area contributed by atoms with Crippen molar-refractivity contribution in [1.82, 2.24) is 0 Å². The second kappa shape index (κ2) is 21.7. The van der Waals surface area contributed by atoms with E-state index in [2.05, 4.69) is 5.73 Å². The van der Waals surface area contributed by atoms with Crippen LogP contribution in [0.2, 0.25) is 0 Å². The van der Waals surface area contributed by atoms with Gasteiger partial charge in [0.15, 0.2) is 5.78 Å². The first-order valence-corrected chi connectivity index (χ1v) is 16.4. The highest BCUT2D eigenvalue weighted by Gasteiger charge is 2.44. The molecule has 1 amide bonds.